The third-order valence-electron chi connectivity index (χ3n) is 4.56. The van der Waals surface area contributed by atoms with Crippen LogP contribution in [0.2, 0.25) is 0 Å². The van der Waals surface area contributed by atoms with Crippen molar-refractivity contribution in [3.05, 3.63) is 23.8 Å². The van der Waals surface area contributed by atoms with Crippen molar-refractivity contribution in [3.8, 4) is 0 Å². The van der Waals surface area contributed by atoms with Crippen LogP contribution in [-0.4, -0.2) is 52.7 Å². The molecule has 0 saturated heterocycles. The Bertz CT molecular complexity index is 653. The van der Waals surface area contributed by atoms with Crippen molar-refractivity contribution in [2.75, 3.05) is 7.05 Å². The minimum atomic E-state index is -1.02. The Labute approximate surface area is 175 Å². The summed E-state index contributed by atoms with van der Waals surface area (Å²) in [6.07, 6.45) is 1.87. The van der Waals surface area contributed by atoms with Gasteiger partial charge in [-0.1, -0.05) is 33.8 Å². The van der Waals surface area contributed by atoms with Gasteiger partial charge in [-0.25, -0.2) is 9.59 Å². The molecule has 29 heavy (non-hydrogen) atoms. The quantitative estimate of drug-likeness (QED) is 0.463. The summed E-state index contributed by atoms with van der Waals surface area (Å²) >= 11 is 0. The highest BCUT2D eigenvalue weighted by atomic mass is 16.6. The fraction of sp³-hybridized carbons (Fsp3) is 0.682. The monoisotopic (exact) mass is 410 g/mol. The van der Waals surface area contributed by atoms with E-state index in [1.54, 1.807) is 33.9 Å². The molecule has 0 aliphatic rings. The van der Waals surface area contributed by atoms with Crippen LogP contribution in [-0.2, 0) is 14.3 Å². The van der Waals surface area contributed by atoms with Gasteiger partial charge in [-0.15, -0.1) is 6.58 Å². The van der Waals surface area contributed by atoms with Gasteiger partial charge in [0.2, 0.25) is 5.91 Å². The molecule has 0 aliphatic carbocycles. The van der Waals surface area contributed by atoms with Gasteiger partial charge in [0.1, 0.15) is 11.6 Å². The summed E-state index contributed by atoms with van der Waals surface area (Å²) in [5.41, 5.74) is -0.410. The Morgan fingerprint density at radius 1 is 1.17 bits per heavy atom. The van der Waals surface area contributed by atoms with Crippen LogP contribution in [0.1, 0.15) is 68.2 Å². The zero-order chi connectivity index (χ0) is 23.2. The Balaban J connectivity index is 5.96. The summed E-state index contributed by atoms with van der Waals surface area (Å²) in [6.45, 7) is 17.9. The number of hydrogen-bond donors (Lipinski definition) is 2. The highest BCUT2D eigenvalue weighted by molar-refractivity contribution is 5.89. The minimum absolute atomic E-state index is 0.214. The second kappa shape index (κ2) is 10.5. The summed E-state index contributed by atoms with van der Waals surface area (Å²) in [5.74, 6) is -1.34. The van der Waals surface area contributed by atoms with Crippen molar-refractivity contribution in [1.82, 2.24) is 10.2 Å². The van der Waals surface area contributed by atoms with Gasteiger partial charge < -0.3 is 20.1 Å². The zero-order valence-corrected chi connectivity index (χ0v) is 19.4. The van der Waals surface area contributed by atoms with Gasteiger partial charge in [0.15, 0.2) is 0 Å². The fourth-order valence-electron chi connectivity index (χ4n) is 3.01. The molecule has 0 aromatic carbocycles. The molecule has 0 saturated carbocycles. The highest BCUT2D eigenvalue weighted by Crippen LogP contribution is 2.26. The third-order valence-corrected chi connectivity index (χ3v) is 4.56. The highest BCUT2D eigenvalue weighted by Gasteiger charge is 2.38. The van der Waals surface area contributed by atoms with Gasteiger partial charge >= 0.3 is 12.1 Å². The van der Waals surface area contributed by atoms with Crippen molar-refractivity contribution in [1.29, 1.82) is 0 Å². The number of ether oxygens (including phenoxy) is 1. The predicted molar refractivity (Wildman–Crippen MR) is 115 cm³/mol. The second-order valence-corrected chi connectivity index (χ2v) is 9.24. The molecule has 1 unspecified atom stereocenters. The zero-order valence-electron chi connectivity index (χ0n) is 19.4. The van der Waals surface area contributed by atoms with Crippen molar-refractivity contribution in [2.24, 2.45) is 5.41 Å². The van der Waals surface area contributed by atoms with E-state index in [0.29, 0.717) is 18.4 Å². The lowest BCUT2D eigenvalue weighted by Gasteiger charge is -2.38. The van der Waals surface area contributed by atoms with Crippen molar-refractivity contribution < 1.29 is 24.2 Å². The molecule has 0 aromatic rings. The van der Waals surface area contributed by atoms with Crippen LogP contribution in [0.3, 0.4) is 0 Å². The lowest BCUT2D eigenvalue weighted by Crippen LogP contribution is -2.56. The van der Waals surface area contributed by atoms with Gasteiger partial charge in [0, 0.05) is 12.6 Å². The Morgan fingerprint density at radius 2 is 1.69 bits per heavy atom. The molecule has 0 aliphatic heterocycles. The van der Waals surface area contributed by atoms with E-state index >= 15 is 0 Å². The molecule has 7 nitrogen and oxygen atoms in total. The minimum Gasteiger partial charge on any atom is -0.478 e. The van der Waals surface area contributed by atoms with Crippen molar-refractivity contribution in [3.63, 3.8) is 0 Å². The number of aliphatic carboxylic acids is 1. The average Bonchev–Trinajstić information content (AvgIpc) is 2.55. The van der Waals surface area contributed by atoms with E-state index in [1.807, 2.05) is 27.7 Å². The van der Waals surface area contributed by atoms with E-state index < -0.39 is 35.2 Å². The first-order chi connectivity index (χ1) is 13.1. The lowest BCUT2D eigenvalue weighted by atomic mass is 9.85. The molecule has 0 fully saturated rings. The molecule has 0 bridgehead atoms. The molecule has 0 spiro atoms. The summed E-state index contributed by atoms with van der Waals surface area (Å²) in [4.78, 5) is 38.7. The summed E-state index contributed by atoms with van der Waals surface area (Å²) in [6, 6.07) is -1.32. The van der Waals surface area contributed by atoms with E-state index in [0.717, 1.165) is 0 Å². The van der Waals surface area contributed by atoms with E-state index in [4.69, 9.17) is 4.74 Å². The Morgan fingerprint density at radius 3 is 2.03 bits per heavy atom. The van der Waals surface area contributed by atoms with Gasteiger partial charge in [0.05, 0.1) is 6.04 Å². The number of hydrogen-bond acceptors (Lipinski definition) is 4. The Kier molecular flexibility index (Phi) is 9.63. The third kappa shape index (κ3) is 8.30. The van der Waals surface area contributed by atoms with Crippen LogP contribution in [0, 0.1) is 5.41 Å². The number of carboxylic acid groups (broad SMARTS) is 1. The number of nitrogens with zero attached hydrogens (tertiary/aromatic N) is 1. The molecule has 0 heterocycles. The number of rotatable bonds is 8. The van der Waals surface area contributed by atoms with Crippen LogP contribution >= 0.6 is 0 Å². The first-order valence-corrected chi connectivity index (χ1v) is 9.86. The number of carbonyl (C=O) groups excluding carboxylic acids is 2. The molecule has 7 heteroatoms. The molecular formula is C22H38N2O5. The molecule has 0 aromatic heterocycles. The van der Waals surface area contributed by atoms with E-state index in [-0.39, 0.29) is 11.5 Å². The maximum atomic E-state index is 13.4. The topological polar surface area (TPSA) is 95.9 Å². The molecule has 0 rings (SSSR count). The fourth-order valence-corrected chi connectivity index (χ4v) is 3.01. The second-order valence-electron chi connectivity index (χ2n) is 9.24. The molecule has 0 radical (unpaired) electrons. The molecule has 2 N–H and O–H groups in total. The maximum Gasteiger partial charge on any atom is 0.408 e. The first kappa shape index (κ1) is 26.7. The molecular weight excluding hydrogens is 372 g/mol. The number of carbonyl (C=O) groups is 3. The summed E-state index contributed by atoms with van der Waals surface area (Å²) in [5, 5.41) is 12.1. The van der Waals surface area contributed by atoms with Gasteiger partial charge in [0.25, 0.3) is 0 Å². The largest absolute Gasteiger partial charge is 0.478 e. The van der Waals surface area contributed by atoms with Gasteiger partial charge in [-0.05, 0) is 51.5 Å². The van der Waals surface area contributed by atoms with Crippen molar-refractivity contribution in [2.45, 2.75) is 85.9 Å². The summed E-state index contributed by atoms with van der Waals surface area (Å²) in [7, 11) is 1.62. The molecule has 2 amide bonds. The maximum absolute atomic E-state index is 13.4. The van der Waals surface area contributed by atoms with Gasteiger partial charge in [-0.3, -0.25) is 4.79 Å². The standard InChI is InChI=1S/C22H38N2O5/c1-11-13-16(15(12-2)14(3)19(26)27)24(10)18(25)17(21(4,5)6)23-20(28)29-22(7,8)9/h11,16-17H,1,12-13H2,2-10H3,(H,23,28)(H,26,27)/t16?,17-/m1/s1. The van der Waals surface area contributed by atoms with E-state index in [9.17, 15) is 19.5 Å². The molecule has 166 valence electrons. The predicted octanol–water partition coefficient (Wildman–Crippen LogP) is 4.14. The normalized spacial score (nSPS) is 14.9. The average molecular weight is 411 g/mol. The SMILES string of the molecule is C=CCC(C(CC)=C(C)C(=O)O)N(C)C(=O)[C@@H](NC(=O)OC(C)(C)C)C(C)(C)C. The lowest BCUT2D eigenvalue weighted by molar-refractivity contribution is -0.137. The van der Waals surface area contributed by atoms with Gasteiger partial charge in [-0.2, -0.15) is 0 Å². The number of nitrogens with one attached hydrogen (secondary N) is 1. The first-order valence-electron chi connectivity index (χ1n) is 9.86. The molecule has 2 atom stereocenters. The number of alkyl carbamates (subject to hydrolysis) is 1. The number of carboxylic acids is 1. The van der Waals surface area contributed by atoms with Crippen molar-refractivity contribution >= 4 is 18.0 Å². The smallest absolute Gasteiger partial charge is 0.408 e. The van der Waals surface area contributed by atoms with Crippen LogP contribution in [0.15, 0.2) is 23.8 Å². The number of likely N-dealkylation sites (N-methyl/N-ethyl adjacent to an activating group) is 1. The van der Waals surface area contributed by atoms with Crippen LogP contribution < -0.4 is 5.32 Å². The van der Waals surface area contributed by atoms with Crippen LogP contribution in [0.5, 0.6) is 0 Å². The summed E-state index contributed by atoms with van der Waals surface area (Å²) < 4.78 is 5.32. The van der Waals surface area contributed by atoms with E-state index in [2.05, 4.69) is 11.9 Å². The van der Waals surface area contributed by atoms with Crippen LogP contribution in [0.25, 0.3) is 0 Å². The van der Waals surface area contributed by atoms with Crippen LogP contribution in [0.4, 0.5) is 4.79 Å². The Hall–Kier alpha value is -2.31. The van der Waals surface area contributed by atoms with E-state index in [1.165, 1.54) is 11.8 Å². The number of amides is 2.